The minimum atomic E-state index is -0.232. The van der Waals surface area contributed by atoms with E-state index in [1.54, 1.807) is 6.92 Å². The molecule has 0 aromatic heterocycles. The van der Waals surface area contributed by atoms with Crippen LogP contribution >= 0.6 is 0 Å². The number of hydrogen-bond acceptors (Lipinski definition) is 4. The fourth-order valence-corrected chi connectivity index (χ4v) is 3.71. The summed E-state index contributed by atoms with van der Waals surface area (Å²) in [4.78, 5) is 26.7. The lowest BCUT2D eigenvalue weighted by Gasteiger charge is -2.60. The van der Waals surface area contributed by atoms with E-state index in [0.29, 0.717) is 18.1 Å². The van der Waals surface area contributed by atoms with Crippen LogP contribution in [0.1, 0.15) is 13.8 Å². The van der Waals surface area contributed by atoms with Crippen molar-refractivity contribution in [3.8, 4) is 0 Å². The first-order valence-corrected chi connectivity index (χ1v) is 5.36. The van der Waals surface area contributed by atoms with Gasteiger partial charge in [0.15, 0.2) is 0 Å². The molecule has 15 heavy (non-hydrogen) atoms. The van der Waals surface area contributed by atoms with Gasteiger partial charge in [-0.2, -0.15) is 0 Å². The van der Waals surface area contributed by atoms with Gasteiger partial charge in [0.25, 0.3) is 0 Å². The third-order valence-electron chi connectivity index (χ3n) is 4.23. The fourth-order valence-electron chi connectivity index (χ4n) is 3.71. The molecule has 5 nitrogen and oxygen atoms in total. The Hall–Kier alpha value is -1.10. The lowest BCUT2D eigenvalue weighted by Crippen LogP contribution is -2.81. The lowest BCUT2D eigenvalue weighted by atomic mass is 9.73. The summed E-state index contributed by atoms with van der Waals surface area (Å²) in [6.45, 7) is 3.03. The monoisotopic (exact) mass is 208 g/mol. The average Bonchev–Trinajstić information content (AvgIpc) is 3.01. The second-order valence-electron chi connectivity index (χ2n) is 4.90. The molecule has 1 amide bonds. The first kappa shape index (κ1) is 8.10. The number of amides is 1. The quantitative estimate of drug-likeness (QED) is 0.408. The molecule has 80 valence electrons. The van der Waals surface area contributed by atoms with Gasteiger partial charge in [0.2, 0.25) is 5.91 Å². The molecule has 0 radical (unpaired) electrons. The number of carbonyl (C=O) groups is 2. The molecule has 6 aliphatic heterocycles. The van der Waals surface area contributed by atoms with Gasteiger partial charge in [-0.3, -0.25) is 14.5 Å². The van der Waals surface area contributed by atoms with Gasteiger partial charge in [0.1, 0.15) is 6.10 Å². The molecule has 7 aliphatic rings. The molecule has 7 rings (SSSR count). The van der Waals surface area contributed by atoms with Crippen molar-refractivity contribution in [2.75, 3.05) is 0 Å². The third-order valence-corrected chi connectivity index (χ3v) is 4.23. The SMILES string of the molecule is CC(=O)OC1[C@@H]2[C@@H]3C4[C@H]([C@H]1N2C(C)=O)N43. The second kappa shape index (κ2) is 2.04. The predicted octanol–water partition coefficient (Wildman–Crippen LogP) is -1.03. The largest absolute Gasteiger partial charge is 0.458 e. The number of piperidine rings is 2. The van der Waals surface area contributed by atoms with Crippen LogP contribution in [-0.4, -0.2) is 58.0 Å². The molecule has 7 fully saturated rings. The van der Waals surface area contributed by atoms with E-state index in [0.717, 1.165) is 0 Å². The summed E-state index contributed by atoms with van der Waals surface area (Å²) in [6, 6.07) is 1.99. The van der Waals surface area contributed by atoms with Crippen LogP contribution in [0.3, 0.4) is 0 Å². The highest BCUT2D eigenvalue weighted by molar-refractivity contribution is 5.78. The Morgan fingerprint density at radius 1 is 1.00 bits per heavy atom. The van der Waals surface area contributed by atoms with Crippen molar-refractivity contribution in [2.45, 2.75) is 50.2 Å². The van der Waals surface area contributed by atoms with Crippen molar-refractivity contribution < 1.29 is 14.3 Å². The zero-order chi connectivity index (χ0) is 10.5. The van der Waals surface area contributed by atoms with Gasteiger partial charge in [-0.25, -0.2) is 0 Å². The van der Waals surface area contributed by atoms with E-state index >= 15 is 0 Å². The normalized spacial score (nSPS) is 56.4. The van der Waals surface area contributed by atoms with E-state index in [4.69, 9.17) is 4.74 Å². The van der Waals surface area contributed by atoms with Crippen molar-refractivity contribution in [3.63, 3.8) is 0 Å². The molecule has 0 aromatic rings. The predicted molar refractivity (Wildman–Crippen MR) is 48.9 cm³/mol. The molecule has 3 unspecified atom stereocenters. The van der Waals surface area contributed by atoms with Crippen LogP contribution in [0.4, 0.5) is 0 Å². The highest BCUT2D eigenvalue weighted by atomic mass is 16.5. The van der Waals surface area contributed by atoms with E-state index in [9.17, 15) is 9.59 Å². The second-order valence-corrected chi connectivity index (χ2v) is 4.90. The number of piperazine rings is 1. The van der Waals surface area contributed by atoms with Crippen molar-refractivity contribution in [3.05, 3.63) is 0 Å². The minimum Gasteiger partial charge on any atom is -0.458 e. The highest BCUT2D eigenvalue weighted by Crippen LogP contribution is 2.67. The molecule has 6 saturated heterocycles. The minimum absolute atomic E-state index is 0.0311. The topological polar surface area (TPSA) is 49.6 Å². The van der Waals surface area contributed by atoms with Gasteiger partial charge in [-0.1, -0.05) is 0 Å². The molecule has 4 bridgehead atoms. The van der Waals surface area contributed by atoms with Gasteiger partial charge >= 0.3 is 5.97 Å². The number of ether oxygens (including phenoxy) is 1. The van der Waals surface area contributed by atoms with Crippen LogP contribution in [0.25, 0.3) is 0 Å². The Balaban J connectivity index is 1.61. The lowest BCUT2D eigenvalue weighted by molar-refractivity contribution is -0.202. The zero-order valence-electron chi connectivity index (χ0n) is 8.58. The van der Waals surface area contributed by atoms with E-state index in [-0.39, 0.29) is 30.1 Å². The number of carbonyl (C=O) groups excluding carboxylic acids is 2. The zero-order valence-corrected chi connectivity index (χ0v) is 8.58. The Labute approximate surface area is 87.0 Å². The molecule has 1 aliphatic carbocycles. The summed E-state index contributed by atoms with van der Waals surface area (Å²) in [5.41, 5.74) is 0. The van der Waals surface area contributed by atoms with Crippen molar-refractivity contribution in [1.82, 2.24) is 9.80 Å². The van der Waals surface area contributed by atoms with E-state index < -0.39 is 0 Å². The maximum absolute atomic E-state index is 11.4. The van der Waals surface area contributed by atoms with Gasteiger partial charge in [0.05, 0.1) is 24.2 Å². The Morgan fingerprint density at radius 3 is 1.93 bits per heavy atom. The van der Waals surface area contributed by atoms with Gasteiger partial charge in [-0.15, -0.1) is 0 Å². The van der Waals surface area contributed by atoms with Crippen LogP contribution in [0, 0.1) is 0 Å². The number of hydrogen-bond donors (Lipinski definition) is 0. The molecule has 6 heterocycles. The number of rotatable bonds is 1. The Kier molecular flexibility index (Phi) is 1.10. The third kappa shape index (κ3) is 0.697. The molecular formula is C10H12N2O3. The van der Waals surface area contributed by atoms with Crippen LogP contribution in [0.15, 0.2) is 0 Å². The van der Waals surface area contributed by atoms with E-state index in [2.05, 4.69) is 4.90 Å². The first-order chi connectivity index (χ1) is 7.13. The maximum Gasteiger partial charge on any atom is 0.303 e. The molecule has 7 atom stereocenters. The summed E-state index contributed by atoms with van der Waals surface area (Å²) >= 11 is 0. The van der Waals surface area contributed by atoms with Crippen LogP contribution < -0.4 is 0 Å². The van der Waals surface area contributed by atoms with Crippen molar-refractivity contribution in [2.24, 2.45) is 0 Å². The Bertz CT molecular complexity index is 366. The molecule has 0 spiro atoms. The van der Waals surface area contributed by atoms with Gasteiger partial charge in [0, 0.05) is 19.9 Å². The molecule has 1 saturated carbocycles. The molecule has 0 aromatic carbocycles. The molecule has 0 N–H and O–H groups in total. The maximum atomic E-state index is 11.4. The molecule has 5 heteroatoms. The van der Waals surface area contributed by atoms with Gasteiger partial charge < -0.3 is 9.64 Å². The Morgan fingerprint density at radius 2 is 1.53 bits per heavy atom. The summed E-state index contributed by atoms with van der Waals surface area (Å²) in [6.07, 6.45) is -0.0311. The van der Waals surface area contributed by atoms with Crippen LogP contribution in [0.5, 0.6) is 0 Å². The van der Waals surface area contributed by atoms with Crippen LogP contribution in [0.2, 0.25) is 0 Å². The highest BCUT2D eigenvalue weighted by Gasteiger charge is 2.88. The molecular weight excluding hydrogens is 196 g/mol. The number of esters is 1. The van der Waals surface area contributed by atoms with Crippen molar-refractivity contribution in [1.29, 1.82) is 0 Å². The smallest absolute Gasteiger partial charge is 0.303 e. The van der Waals surface area contributed by atoms with Crippen molar-refractivity contribution >= 4 is 11.9 Å². The van der Waals surface area contributed by atoms with Crippen LogP contribution in [-0.2, 0) is 14.3 Å². The fraction of sp³-hybridized carbons (Fsp3) is 0.800. The van der Waals surface area contributed by atoms with Gasteiger partial charge in [-0.05, 0) is 0 Å². The summed E-state index contributed by atoms with van der Waals surface area (Å²) < 4.78 is 5.29. The summed E-state index contributed by atoms with van der Waals surface area (Å²) in [5, 5.41) is 0. The summed E-state index contributed by atoms with van der Waals surface area (Å²) in [7, 11) is 0. The number of nitrogens with zero attached hydrogens (tertiary/aromatic N) is 2. The standard InChI is InChI=1S/C10H12N2O3/c1-3(13)11-8-6-5-7(12(5)6)9(11)10(8)15-4(2)14/h5-10H,1-2H3/t5?,6-,7+,8-,9+,10?,12?. The summed E-state index contributed by atoms with van der Waals surface area (Å²) in [5.74, 6) is -0.118. The first-order valence-electron chi connectivity index (χ1n) is 5.36. The average molecular weight is 208 g/mol. The van der Waals surface area contributed by atoms with E-state index in [1.165, 1.54) is 6.92 Å². The van der Waals surface area contributed by atoms with E-state index in [1.807, 2.05) is 4.90 Å².